The number of anilines is 3. The predicted molar refractivity (Wildman–Crippen MR) is 109 cm³/mol. The lowest BCUT2D eigenvalue weighted by atomic mass is 10.1. The number of rotatable bonds is 5. The van der Waals surface area contributed by atoms with Gasteiger partial charge in [-0.15, -0.1) is 0 Å². The zero-order valence-electron chi connectivity index (χ0n) is 15.6. The third-order valence-electron chi connectivity index (χ3n) is 4.64. The normalized spacial score (nSPS) is 13.4. The molecule has 0 unspecified atom stereocenters. The fraction of sp³-hybridized carbons (Fsp3) is 0.136. The van der Waals surface area contributed by atoms with Crippen LogP contribution < -0.4 is 15.5 Å². The molecule has 0 aliphatic carbocycles. The van der Waals surface area contributed by atoms with E-state index in [1.807, 2.05) is 12.1 Å². The summed E-state index contributed by atoms with van der Waals surface area (Å²) >= 11 is 0. The number of hydrogen-bond donors (Lipinski definition) is 2. The summed E-state index contributed by atoms with van der Waals surface area (Å²) in [6.45, 7) is 0.696. The molecule has 1 aliphatic rings. The summed E-state index contributed by atoms with van der Waals surface area (Å²) in [5.74, 6) is -0.330. The van der Waals surface area contributed by atoms with E-state index in [1.54, 1.807) is 53.4 Å². The predicted octanol–water partition coefficient (Wildman–Crippen LogP) is 3.91. The molecule has 0 atom stereocenters. The van der Waals surface area contributed by atoms with Gasteiger partial charge in [-0.25, -0.2) is 0 Å². The van der Waals surface area contributed by atoms with Crippen LogP contribution in [0.1, 0.15) is 33.8 Å². The van der Waals surface area contributed by atoms with E-state index < -0.39 is 0 Å². The van der Waals surface area contributed by atoms with Crippen LogP contribution in [0.2, 0.25) is 0 Å². The van der Waals surface area contributed by atoms with Gasteiger partial charge in [-0.2, -0.15) is 0 Å². The molecular formula is C22H19N3O4. The molecule has 2 heterocycles. The van der Waals surface area contributed by atoms with Crippen LogP contribution in [0, 0.1) is 0 Å². The van der Waals surface area contributed by atoms with Gasteiger partial charge in [-0.05, 0) is 61.0 Å². The second kappa shape index (κ2) is 8.02. The molecule has 4 rings (SSSR count). The van der Waals surface area contributed by atoms with Crippen molar-refractivity contribution in [3.8, 4) is 0 Å². The zero-order valence-corrected chi connectivity index (χ0v) is 15.6. The summed E-state index contributed by atoms with van der Waals surface area (Å²) in [6.07, 6.45) is 2.83. The Labute approximate surface area is 167 Å². The number of carbonyl (C=O) groups excluding carboxylic acids is 3. The molecule has 0 bridgehead atoms. The molecule has 1 aromatic heterocycles. The van der Waals surface area contributed by atoms with Crippen LogP contribution in [0.25, 0.3) is 0 Å². The van der Waals surface area contributed by atoms with Crippen molar-refractivity contribution in [2.75, 3.05) is 22.1 Å². The Morgan fingerprint density at radius 3 is 2.38 bits per heavy atom. The van der Waals surface area contributed by atoms with Gasteiger partial charge >= 0.3 is 0 Å². The van der Waals surface area contributed by atoms with Crippen LogP contribution in [-0.2, 0) is 4.79 Å². The maximum Gasteiger partial charge on any atom is 0.291 e. The lowest BCUT2D eigenvalue weighted by Crippen LogP contribution is -2.23. The SMILES string of the molecule is O=C(Nc1cccc(N2CCCC2=O)c1)c1ccc(NC(=O)c2ccco2)cc1. The van der Waals surface area contributed by atoms with Gasteiger partial charge < -0.3 is 20.0 Å². The van der Waals surface area contributed by atoms with Gasteiger partial charge in [-0.1, -0.05) is 6.07 Å². The average molecular weight is 389 g/mol. The number of hydrogen-bond acceptors (Lipinski definition) is 4. The van der Waals surface area contributed by atoms with Crippen molar-refractivity contribution < 1.29 is 18.8 Å². The molecule has 2 N–H and O–H groups in total. The summed E-state index contributed by atoms with van der Waals surface area (Å²) in [5.41, 5.74) is 2.39. The molecule has 0 radical (unpaired) electrons. The third-order valence-corrected chi connectivity index (χ3v) is 4.64. The standard InChI is InChI=1S/C22H19N3O4/c26-20-7-2-12-25(20)18-5-1-4-17(14-18)24-21(27)15-8-10-16(11-9-15)23-22(28)19-6-3-13-29-19/h1,3-6,8-11,13-14H,2,7,12H2,(H,23,28)(H,24,27). The number of amides is 3. The summed E-state index contributed by atoms with van der Waals surface area (Å²) < 4.78 is 5.05. The molecule has 29 heavy (non-hydrogen) atoms. The van der Waals surface area contributed by atoms with Crippen molar-refractivity contribution in [1.29, 1.82) is 0 Å². The summed E-state index contributed by atoms with van der Waals surface area (Å²) in [7, 11) is 0. The topological polar surface area (TPSA) is 91.7 Å². The zero-order chi connectivity index (χ0) is 20.2. The van der Waals surface area contributed by atoms with E-state index in [2.05, 4.69) is 10.6 Å². The first kappa shape index (κ1) is 18.5. The van der Waals surface area contributed by atoms with Crippen molar-refractivity contribution in [2.24, 2.45) is 0 Å². The summed E-state index contributed by atoms with van der Waals surface area (Å²) in [5, 5.41) is 5.54. The van der Waals surface area contributed by atoms with E-state index in [0.29, 0.717) is 29.9 Å². The van der Waals surface area contributed by atoms with Gasteiger partial charge in [0.15, 0.2) is 5.76 Å². The fourth-order valence-corrected chi connectivity index (χ4v) is 3.18. The van der Waals surface area contributed by atoms with Gasteiger partial charge in [0.2, 0.25) is 5.91 Å². The average Bonchev–Trinajstić information content (AvgIpc) is 3.40. The summed E-state index contributed by atoms with van der Waals surface area (Å²) in [4.78, 5) is 38.2. The Hall–Kier alpha value is -3.87. The molecule has 1 fully saturated rings. The van der Waals surface area contributed by atoms with Gasteiger partial charge in [-0.3, -0.25) is 14.4 Å². The highest BCUT2D eigenvalue weighted by molar-refractivity contribution is 6.06. The third kappa shape index (κ3) is 4.19. The van der Waals surface area contributed by atoms with Crippen LogP contribution in [0.15, 0.2) is 71.3 Å². The molecule has 2 aromatic carbocycles. The van der Waals surface area contributed by atoms with E-state index >= 15 is 0 Å². The van der Waals surface area contributed by atoms with Crippen molar-refractivity contribution in [1.82, 2.24) is 0 Å². The van der Waals surface area contributed by atoms with E-state index in [4.69, 9.17) is 4.42 Å². The molecule has 1 saturated heterocycles. The van der Waals surface area contributed by atoms with Crippen LogP contribution in [-0.4, -0.2) is 24.3 Å². The van der Waals surface area contributed by atoms with Gasteiger partial charge in [0.05, 0.1) is 6.26 Å². The van der Waals surface area contributed by atoms with Gasteiger partial charge in [0, 0.05) is 35.6 Å². The minimum atomic E-state index is -0.361. The summed E-state index contributed by atoms with van der Waals surface area (Å²) in [6, 6.07) is 17.0. The highest BCUT2D eigenvalue weighted by atomic mass is 16.3. The van der Waals surface area contributed by atoms with Crippen LogP contribution in [0.4, 0.5) is 17.1 Å². The first-order chi connectivity index (χ1) is 14.1. The van der Waals surface area contributed by atoms with Crippen LogP contribution >= 0.6 is 0 Å². The van der Waals surface area contributed by atoms with Crippen molar-refractivity contribution in [3.63, 3.8) is 0 Å². The first-order valence-corrected chi connectivity index (χ1v) is 9.27. The highest BCUT2D eigenvalue weighted by Crippen LogP contribution is 2.24. The minimum absolute atomic E-state index is 0.0978. The minimum Gasteiger partial charge on any atom is -0.459 e. The van der Waals surface area contributed by atoms with Crippen molar-refractivity contribution >= 4 is 34.8 Å². The van der Waals surface area contributed by atoms with Crippen LogP contribution in [0.3, 0.4) is 0 Å². The molecule has 7 nitrogen and oxygen atoms in total. The quantitative estimate of drug-likeness (QED) is 0.692. The Morgan fingerprint density at radius 1 is 0.897 bits per heavy atom. The molecule has 3 aromatic rings. The second-order valence-corrected chi connectivity index (χ2v) is 6.66. The fourth-order valence-electron chi connectivity index (χ4n) is 3.18. The number of nitrogens with one attached hydrogen (secondary N) is 2. The van der Waals surface area contributed by atoms with Crippen LogP contribution in [0.5, 0.6) is 0 Å². The Balaban J connectivity index is 1.41. The first-order valence-electron chi connectivity index (χ1n) is 9.27. The molecule has 1 aliphatic heterocycles. The molecule has 7 heteroatoms. The van der Waals surface area contributed by atoms with Crippen molar-refractivity contribution in [2.45, 2.75) is 12.8 Å². The van der Waals surface area contributed by atoms with Gasteiger partial charge in [0.25, 0.3) is 11.8 Å². The number of furan rings is 1. The highest BCUT2D eigenvalue weighted by Gasteiger charge is 2.21. The largest absolute Gasteiger partial charge is 0.459 e. The number of nitrogens with zero attached hydrogens (tertiary/aromatic N) is 1. The Kier molecular flexibility index (Phi) is 5.11. The maximum absolute atomic E-state index is 12.5. The number of carbonyl (C=O) groups is 3. The van der Waals surface area contributed by atoms with Gasteiger partial charge in [0.1, 0.15) is 0 Å². The Morgan fingerprint density at radius 2 is 1.69 bits per heavy atom. The van der Waals surface area contributed by atoms with E-state index in [-0.39, 0.29) is 23.5 Å². The second-order valence-electron chi connectivity index (χ2n) is 6.66. The number of benzene rings is 2. The molecule has 3 amide bonds. The van der Waals surface area contributed by atoms with E-state index in [9.17, 15) is 14.4 Å². The van der Waals surface area contributed by atoms with E-state index in [1.165, 1.54) is 6.26 Å². The molecule has 0 saturated carbocycles. The van der Waals surface area contributed by atoms with Crippen molar-refractivity contribution in [3.05, 3.63) is 78.3 Å². The molecule has 146 valence electrons. The smallest absolute Gasteiger partial charge is 0.291 e. The van der Waals surface area contributed by atoms with E-state index in [0.717, 1.165) is 12.1 Å². The Bertz CT molecular complexity index is 1040. The lowest BCUT2D eigenvalue weighted by molar-refractivity contribution is -0.117. The molecular weight excluding hydrogens is 370 g/mol. The lowest BCUT2D eigenvalue weighted by Gasteiger charge is -2.16. The monoisotopic (exact) mass is 389 g/mol. The molecule has 0 spiro atoms. The maximum atomic E-state index is 12.5.